The minimum Gasteiger partial charge on any atom is -0.456 e. The second kappa shape index (κ2) is 2.84. The SMILES string of the molecule is CC1(C)O[C@H]2[C@H]3C[C@]4(C[C@H]2O1)OC(=O)C[C@@H]4O3. The quantitative estimate of drug-likeness (QED) is 0.585. The topological polar surface area (TPSA) is 54.0 Å². The van der Waals surface area contributed by atoms with Crippen molar-refractivity contribution < 1.29 is 23.7 Å². The largest absolute Gasteiger partial charge is 0.456 e. The highest BCUT2D eigenvalue weighted by Gasteiger charge is 2.66. The zero-order chi connectivity index (χ0) is 11.8. The number of carbonyl (C=O) groups excluding carboxylic acids is 1. The maximum absolute atomic E-state index is 11.4. The van der Waals surface area contributed by atoms with Gasteiger partial charge in [0.25, 0.3) is 0 Å². The van der Waals surface area contributed by atoms with Gasteiger partial charge in [-0.15, -0.1) is 0 Å². The van der Waals surface area contributed by atoms with Gasteiger partial charge in [0.05, 0.1) is 18.6 Å². The summed E-state index contributed by atoms with van der Waals surface area (Å²) in [6, 6.07) is 0. The summed E-state index contributed by atoms with van der Waals surface area (Å²) in [6.07, 6.45) is 1.71. The Balaban J connectivity index is 1.66. The molecule has 3 saturated heterocycles. The fourth-order valence-electron chi connectivity index (χ4n) is 3.74. The van der Waals surface area contributed by atoms with Gasteiger partial charge in [0.1, 0.15) is 17.8 Å². The fourth-order valence-corrected chi connectivity index (χ4v) is 3.74. The van der Waals surface area contributed by atoms with Gasteiger partial charge in [0.15, 0.2) is 5.79 Å². The molecule has 4 aliphatic rings. The average Bonchev–Trinajstić information content (AvgIpc) is 2.72. The lowest BCUT2D eigenvalue weighted by molar-refractivity contribution is -0.162. The minimum atomic E-state index is -0.558. The zero-order valence-electron chi connectivity index (χ0n) is 9.97. The van der Waals surface area contributed by atoms with Gasteiger partial charge in [-0.05, 0) is 13.8 Å². The smallest absolute Gasteiger partial charge is 0.309 e. The van der Waals surface area contributed by atoms with Crippen molar-refractivity contribution in [2.45, 2.75) is 68.9 Å². The number of hydrogen-bond donors (Lipinski definition) is 0. The fraction of sp³-hybridized carbons (Fsp3) is 0.917. The van der Waals surface area contributed by atoms with Crippen LogP contribution in [0.1, 0.15) is 33.1 Å². The lowest BCUT2D eigenvalue weighted by Crippen LogP contribution is -2.47. The Morgan fingerprint density at radius 2 is 1.94 bits per heavy atom. The minimum absolute atomic E-state index is 0.00799. The van der Waals surface area contributed by atoms with Gasteiger partial charge in [0, 0.05) is 12.8 Å². The summed E-state index contributed by atoms with van der Waals surface area (Å²) in [7, 11) is 0. The number of fused-ring (bicyclic) bond motifs is 3. The first kappa shape index (κ1) is 10.3. The zero-order valence-corrected chi connectivity index (χ0v) is 9.97. The van der Waals surface area contributed by atoms with E-state index in [-0.39, 0.29) is 30.4 Å². The molecule has 0 amide bonds. The number of hydrogen-bond acceptors (Lipinski definition) is 5. The number of esters is 1. The molecule has 1 spiro atoms. The summed E-state index contributed by atoms with van der Waals surface area (Å²) in [4.78, 5) is 11.4. The Bertz CT molecular complexity index is 392. The molecule has 5 atom stereocenters. The van der Waals surface area contributed by atoms with Gasteiger partial charge in [0.2, 0.25) is 0 Å². The molecule has 5 heteroatoms. The van der Waals surface area contributed by atoms with Crippen molar-refractivity contribution in [1.82, 2.24) is 0 Å². The molecule has 0 radical (unpaired) electrons. The maximum atomic E-state index is 11.4. The maximum Gasteiger partial charge on any atom is 0.309 e. The van der Waals surface area contributed by atoms with Gasteiger partial charge < -0.3 is 18.9 Å². The van der Waals surface area contributed by atoms with Crippen molar-refractivity contribution in [3.05, 3.63) is 0 Å². The Hall–Kier alpha value is -0.650. The highest BCUT2D eigenvalue weighted by atomic mass is 16.8. The molecule has 3 aliphatic heterocycles. The van der Waals surface area contributed by atoms with Crippen LogP contribution in [0, 0.1) is 0 Å². The Morgan fingerprint density at radius 1 is 1.18 bits per heavy atom. The molecule has 4 rings (SSSR count). The van der Waals surface area contributed by atoms with Crippen LogP contribution < -0.4 is 0 Å². The predicted octanol–water partition coefficient (Wildman–Crippen LogP) is 0.753. The third-order valence-electron chi connectivity index (χ3n) is 4.28. The van der Waals surface area contributed by atoms with Crippen LogP contribution in [-0.2, 0) is 23.7 Å². The molecule has 17 heavy (non-hydrogen) atoms. The van der Waals surface area contributed by atoms with Crippen molar-refractivity contribution in [2.75, 3.05) is 0 Å². The Morgan fingerprint density at radius 3 is 2.76 bits per heavy atom. The first-order valence-corrected chi connectivity index (χ1v) is 6.20. The van der Waals surface area contributed by atoms with Crippen LogP contribution in [0.25, 0.3) is 0 Å². The third kappa shape index (κ3) is 1.27. The average molecular weight is 240 g/mol. The lowest BCUT2D eigenvalue weighted by Gasteiger charge is -2.34. The van der Waals surface area contributed by atoms with Crippen molar-refractivity contribution >= 4 is 5.97 Å². The molecule has 1 aliphatic carbocycles. The molecule has 3 heterocycles. The number of ether oxygens (including phenoxy) is 4. The molecular weight excluding hydrogens is 224 g/mol. The molecule has 0 N–H and O–H groups in total. The molecule has 0 aromatic heterocycles. The lowest BCUT2D eigenvalue weighted by atomic mass is 9.80. The third-order valence-corrected chi connectivity index (χ3v) is 4.28. The Labute approximate surface area is 99.3 Å². The van der Waals surface area contributed by atoms with Crippen molar-refractivity contribution in [1.29, 1.82) is 0 Å². The van der Waals surface area contributed by atoms with Crippen LogP contribution in [0.4, 0.5) is 0 Å². The molecular formula is C12H16O5. The van der Waals surface area contributed by atoms with Crippen molar-refractivity contribution in [3.8, 4) is 0 Å². The van der Waals surface area contributed by atoms with Crippen LogP contribution in [0.5, 0.6) is 0 Å². The highest BCUT2D eigenvalue weighted by Crippen LogP contribution is 2.53. The van der Waals surface area contributed by atoms with Crippen LogP contribution >= 0.6 is 0 Å². The summed E-state index contributed by atoms with van der Waals surface area (Å²) in [6.45, 7) is 3.82. The normalized spacial score (nSPS) is 54.4. The van der Waals surface area contributed by atoms with E-state index in [4.69, 9.17) is 18.9 Å². The van der Waals surface area contributed by atoms with E-state index in [9.17, 15) is 4.79 Å². The standard InChI is InChI=1S/C12H16O5/c1-11(2)15-7-5-12-4-6(10(7)17-11)14-8(12)3-9(13)16-12/h6-8,10H,3-5H2,1-2H3/t6-,7-,8+,10+,12-/m1/s1. The van der Waals surface area contributed by atoms with Gasteiger partial charge >= 0.3 is 5.97 Å². The summed E-state index contributed by atoms with van der Waals surface area (Å²) < 4.78 is 23.2. The van der Waals surface area contributed by atoms with Gasteiger partial charge in [-0.25, -0.2) is 0 Å². The van der Waals surface area contributed by atoms with Crippen molar-refractivity contribution in [2.24, 2.45) is 0 Å². The monoisotopic (exact) mass is 240 g/mol. The van der Waals surface area contributed by atoms with E-state index in [1.54, 1.807) is 0 Å². The van der Waals surface area contributed by atoms with E-state index in [0.29, 0.717) is 12.8 Å². The first-order chi connectivity index (χ1) is 7.97. The summed E-state index contributed by atoms with van der Waals surface area (Å²) in [5.74, 6) is -0.706. The van der Waals surface area contributed by atoms with E-state index in [1.807, 2.05) is 13.8 Å². The number of rotatable bonds is 0. The van der Waals surface area contributed by atoms with E-state index < -0.39 is 11.4 Å². The van der Waals surface area contributed by atoms with E-state index >= 15 is 0 Å². The molecule has 94 valence electrons. The summed E-state index contributed by atoms with van der Waals surface area (Å²) >= 11 is 0. The van der Waals surface area contributed by atoms with E-state index in [1.165, 1.54) is 0 Å². The molecule has 4 fully saturated rings. The van der Waals surface area contributed by atoms with Crippen LogP contribution in [0.15, 0.2) is 0 Å². The van der Waals surface area contributed by atoms with Gasteiger partial charge in [-0.1, -0.05) is 0 Å². The van der Waals surface area contributed by atoms with E-state index in [2.05, 4.69) is 0 Å². The van der Waals surface area contributed by atoms with Gasteiger partial charge in [-0.3, -0.25) is 4.79 Å². The molecule has 0 aromatic carbocycles. The van der Waals surface area contributed by atoms with Crippen LogP contribution in [0.3, 0.4) is 0 Å². The predicted molar refractivity (Wildman–Crippen MR) is 55.2 cm³/mol. The second-order valence-corrected chi connectivity index (χ2v) is 5.95. The number of carbonyl (C=O) groups is 1. The first-order valence-electron chi connectivity index (χ1n) is 6.20. The molecule has 0 unspecified atom stereocenters. The molecule has 1 saturated carbocycles. The van der Waals surface area contributed by atoms with E-state index in [0.717, 1.165) is 6.42 Å². The van der Waals surface area contributed by atoms with Crippen LogP contribution in [-0.4, -0.2) is 41.8 Å². The molecule has 0 aromatic rings. The highest BCUT2D eigenvalue weighted by molar-refractivity contribution is 5.73. The van der Waals surface area contributed by atoms with Crippen LogP contribution in [0.2, 0.25) is 0 Å². The van der Waals surface area contributed by atoms with Crippen molar-refractivity contribution in [3.63, 3.8) is 0 Å². The second-order valence-electron chi connectivity index (χ2n) is 5.95. The summed E-state index contributed by atoms with van der Waals surface area (Å²) in [5.41, 5.74) is -0.438. The van der Waals surface area contributed by atoms with Gasteiger partial charge in [-0.2, -0.15) is 0 Å². The molecule has 2 bridgehead atoms. The Kier molecular flexibility index (Phi) is 1.72. The summed E-state index contributed by atoms with van der Waals surface area (Å²) in [5, 5.41) is 0. The molecule has 5 nitrogen and oxygen atoms in total.